The molecule has 0 N–H and O–H groups in total. The Labute approximate surface area is 155 Å². The molecule has 0 unspecified atom stereocenters. The van der Waals surface area contributed by atoms with Crippen molar-refractivity contribution in [3.63, 3.8) is 0 Å². The van der Waals surface area contributed by atoms with Crippen LogP contribution in [0.3, 0.4) is 0 Å². The Morgan fingerprint density at radius 3 is 2.38 bits per heavy atom. The quantitative estimate of drug-likeness (QED) is 0.364. The Hall–Kier alpha value is -2.40. The van der Waals surface area contributed by atoms with E-state index in [0.717, 1.165) is 4.91 Å². The highest BCUT2D eigenvalue weighted by atomic mass is 32.2. The van der Waals surface area contributed by atoms with Crippen molar-refractivity contribution < 1.29 is 17.9 Å². The minimum atomic E-state index is -1.15. The molecule has 2 aromatic carbocycles. The van der Waals surface area contributed by atoms with Crippen LogP contribution in [-0.2, 0) is 0 Å². The first-order chi connectivity index (χ1) is 12.3. The number of allylic oxidation sites excluding steroid dienone is 1. The lowest BCUT2D eigenvalue weighted by Gasteiger charge is -2.12. The zero-order valence-electron chi connectivity index (χ0n) is 14.5. The molecule has 0 saturated carbocycles. The summed E-state index contributed by atoms with van der Waals surface area (Å²) >= 11 is 1.32. The van der Waals surface area contributed by atoms with Crippen LogP contribution in [0.5, 0.6) is 5.75 Å². The Bertz CT molecular complexity index is 859. The maximum absolute atomic E-state index is 14.5. The molecule has 5 heteroatoms. The molecule has 26 heavy (non-hydrogen) atoms. The van der Waals surface area contributed by atoms with Crippen LogP contribution in [0, 0.1) is 17.5 Å². The molecule has 0 aliphatic rings. The molecular weight excluding hydrogens is 357 g/mol. The molecule has 0 bridgehead atoms. The van der Waals surface area contributed by atoms with Gasteiger partial charge in [0.1, 0.15) is 5.82 Å². The normalized spacial score (nSPS) is 10.5. The van der Waals surface area contributed by atoms with Crippen molar-refractivity contribution in [2.75, 3.05) is 6.61 Å². The predicted octanol–water partition coefficient (Wildman–Crippen LogP) is 6.96. The van der Waals surface area contributed by atoms with Gasteiger partial charge in [-0.05, 0) is 42.0 Å². The number of hydrogen-bond donors (Lipinski definition) is 0. The molecule has 0 aromatic heterocycles. The van der Waals surface area contributed by atoms with Crippen LogP contribution in [-0.4, -0.2) is 6.61 Å². The van der Waals surface area contributed by atoms with Gasteiger partial charge in [-0.15, -0.1) is 6.58 Å². The molecular formula is C21H19F3OS. The summed E-state index contributed by atoms with van der Waals surface area (Å²) in [4.78, 5) is 1.44. The third-order valence-electron chi connectivity index (χ3n) is 3.51. The monoisotopic (exact) mass is 376 g/mol. The first kappa shape index (κ1) is 19.9. The van der Waals surface area contributed by atoms with Gasteiger partial charge in [0.15, 0.2) is 11.6 Å². The molecule has 0 fully saturated rings. The van der Waals surface area contributed by atoms with Crippen molar-refractivity contribution in [2.24, 2.45) is 0 Å². The standard InChI is InChI=1S/C21H19F3OS/c1-5-6-11-25-19-10-9-17(20(23)21(19)24)16-8-7-15(12-18(16)22)14(4)26-13(2)3/h5,7-10,12H,1-2,4,6,11H2,3H3. The maximum atomic E-state index is 14.5. The second-order valence-corrected chi connectivity index (χ2v) is 6.98. The second-order valence-electron chi connectivity index (χ2n) is 5.59. The smallest absolute Gasteiger partial charge is 0.201 e. The molecule has 0 heterocycles. The van der Waals surface area contributed by atoms with Gasteiger partial charge in [0.25, 0.3) is 0 Å². The minimum absolute atomic E-state index is 0.0316. The largest absolute Gasteiger partial charge is 0.490 e. The van der Waals surface area contributed by atoms with Crippen molar-refractivity contribution in [2.45, 2.75) is 13.3 Å². The molecule has 2 rings (SSSR count). The van der Waals surface area contributed by atoms with E-state index in [4.69, 9.17) is 4.74 Å². The summed E-state index contributed by atoms with van der Waals surface area (Å²) < 4.78 is 48.2. The minimum Gasteiger partial charge on any atom is -0.490 e. The van der Waals surface area contributed by atoms with Crippen LogP contribution in [0.2, 0.25) is 0 Å². The van der Waals surface area contributed by atoms with E-state index >= 15 is 0 Å². The fourth-order valence-electron chi connectivity index (χ4n) is 2.28. The third kappa shape index (κ3) is 4.61. The predicted molar refractivity (Wildman–Crippen MR) is 104 cm³/mol. The summed E-state index contributed by atoms with van der Waals surface area (Å²) in [6.07, 6.45) is 2.12. The number of benzene rings is 2. The summed E-state index contributed by atoms with van der Waals surface area (Å²) in [7, 11) is 0. The van der Waals surface area contributed by atoms with Gasteiger partial charge in [-0.25, -0.2) is 8.78 Å². The average Bonchev–Trinajstić information content (AvgIpc) is 2.59. The van der Waals surface area contributed by atoms with Gasteiger partial charge in [0, 0.05) is 16.0 Å². The van der Waals surface area contributed by atoms with E-state index in [1.54, 1.807) is 12.1 Å². The summed E-state index contributed by atoms with van der Waals surface area (Å²) in [6.45, 7) is 13.2. The molecule has 0 spiro atoms. The third-order valence-corrected chi connectivity index (χ3v) is 4.34. The zero-order chi connectivity index (χ0) is 19.3. The van der Waals surface area contributed by atoms with Gasteiger partial charge in [0.05, 0.1) is 6.61 Å². The van der Waals surface area contributed by atoms with Crippen molar-refractivity contribution in [1.29, 1.82) is 0 Å². The van der Waals surface area contributed by atoms with Gasteiger partial charge in [-0.1, -0.05) is 43.1 Å². The molecule has 2 aromatic rings. The number of ether oxygens (including phenoxy) is 1. The van der Waals surface area contributed by atoms with Gasteiger partial charge in [-0.2, -0.15) is 4.39 Å². The van der Waals surface area contributed by atoms with E-state index < -0.39 is 17.5 Å². The van der Waals surface area contributed by atoms with Crippen molar-refractivity contribution in [1.82, 2.24) is 0 Å². The van der Waals surface area contributed by atoms with Crippen molar-refractivity contribution in [3.05, 3.63) is 84.1 Å². The molecule has 1 nitrogen and oxygen atoms in total. The van der Waals surface area contributed by atoms with E-state index in [1.807, 2.05) is 6.92 Å². The molecule has 0 amide bonds. The van der Waals surface area contributed by atoms with Gasteiger partial charge in [0.2, 0.25) is 5.82 Å². The zero-order valence-corrected chi connectivity index (χ0v) is 15.3. The van der Waals surface area contributed by atoms with Gasteiger partial charge < -0.3 is 4.74 Å². The Balaban J connectivity index is 2.33. The van der Waals surface area contributed by atoms with Crippen molar-refractivity contribution >= 4 is 16.7 Å². The van der Waals surface area contributed by atoms with Crippen LogP contribution in [0.25, 0.3) is 16.0 Å². The van der Waals surface area contributed by atoms with Gasteiger partial charge in [-0.3, -0.25) is 0 Å². The Morgan fingerprint density at radius 2 is 1.77 bits per heavy atom. The molecule has 0 saturated heterocycles. The van der Waals surface area contributed by atoms with Crippen LogP contribution < -0.4 is 4.74 Å². The first-order valence-corrected chi connectivity index (χ1v) is 8.71. The Kier molecular flexibility index (Phi) is 6.75. The van der Waals surface area contributed by atoms with Crippen LogP contribution in [0.15, 0.2) is 61.0 Å². The molecule has 0 radical (unpaired) electrons. The fourth-order valence-corrected chi connectivity index (χ4v) is 2.95. The number of halogens is 3. The topological polar surface area (TPSA) is 9.23 Å². The number of hydrogen-bond acceptors (Lipinski definition) is 2. The summed E-state index contributed by atoms with van der Waals surface area (Å²) in [5, 5.41) is 0. The lowest BCUT2D eigenvalue weighted by atomic mass is 10.0. The molecule has 0 aliphatic heterocycles. The lowest BCUT2D eigenvalue weighted by Crippen LogP contribution is -2.01. The fraction of sp³-hybridized carbons (Fsp3) is 0.143. The van der Waals surface area contributed by atoms with E-state index in [9.17, 15) is 13.2 Å². The number of thioether (sulfide) groups is 1. The molecule has 0 atom stereocenters. The first-order valence-electron chi connectivity index (χ1n) is 7.89. The van der Waals surface area contributed by atoms with Gasteiger partial charge >= 0.3 is 0 Å². The molecule has 136 valence electrons. The lowest BCUT2D eigenvalue weighted by molar-refractivity contribution is 0.302. The maximum Gasteiger partial charge on any atom is 0.201 e. The van der Waals surface area contributed by atoms with E-state index in [0.29, 0.717) is 16.9 Å². The molecule has 0 aliphatic carbocycles. The van der Waals surface area contributed by atoms with Crippen LogP contribution in [0.4, 0.5) is 13.2 Å². The highest BCUT2D eigenvalue weighted by Gasteiger charge is 2.18. The van der Waals surface area contributed by atoms with E-state index in [1.165, 1.54) is 36.0 Å². The Morgan fingerprint density at radius 1 is 1.08 bits per heavy atom. The highest BCUT2D eigenvalue weighted by Crippen LogP contribution is 2.35. The van der Waals surface area contributed by atoms with Crippen LogP contribution >= 0.6 is 11.8 Å². The highest BCUT2D eigenvalue weighted by molar-refractivity contribution is 8.11. The average molecular weight is 376 g/mol. The number of rotatable bonds is 8. The van der Waals surface area contributed by atoms with E-state index in [-0.39, 0.29) is 23.5 Å². The SMILES string of the molecule is C=CCCOc1ccc(-c2ccc(C(=C)SC(=C)C)cc2F)c(F)c1F. The summed E-state index contributed by atoms with van der Waals surface area (Å²) in [6, 6.07) is 6.87. The van der Waals surface area contributed by atoms with E-state index in [2.05, 4.69) is 19.7 Å². The second kappa shape index (κ2) is 8.81. The van der Waals surface area contributed by atoms with Crippen LogP contribution in [0.1, 0.15) is 18.9 Å². The van der Waals surface area contributed by atoms with Crippen molar-refractivity contribution in [3.8, 4) is 16.9 Å². The summed E-state index contributed by atoms with van der Waals surface area (Å²) in [5.41, 5.74) is 0.362. The summed E-state index contributed by atoms with van der Waals surface area (Å²) in [5.74, 6) is -3.17.